The normalized spacial score (nSPS) is 17.1. The number of fused-ring (bicyclic) bond motifs is 1. The maximum atomic E-state index is 13.4. The Morgan fingerprint density at radius 3 is 2.51 bits per heavy atom. The molecule has 2 aliphatic heterocycles. The summed E-state index contributed by atoms with van der Waals surface area (Å²) in [5.74, 6) is -4.34. The molecule has 198 valence electrons. The molecule has 0 saturated carbocycles. The molecule has 37 heavy (non-hydrogen) atoms. The smallest absolute Gasteiger partial charge is 0.267 e. The Labute approximate surface area is 213 Å². The molecule has 1 aromatic carbocycles. The zero-order chi connectivity index (χ0) is 26.6. The Kier molecular flexibility index (Phi) is 7.96. The monoisotopic (exact) mass is 516 g/mol. The van der Waals surface area contributed by atoms with Gasteiger partial charge in [0.25, 0.3) is 11.8 Å². The second-order valence-corrected chi connectivity index (χ2v) is 9.25. The summed E-state index contributed by atoms with van der Waals surface area (Å²) in [4.78, 5) is 58.8. The number of benzene rings is 1. The predicted molar refractivity (Wildman–Crippen MR) is 132 cm³/mol. The molecular weight excluding hydrogens is 486 g/mol. The van der Waals surface area contributed by atoms with Crippen molar-refractivity contribution in [1.29, 1.82) is 0 Å². The van der Waals surface area contributed by atoms with E-state index in [4.69, 9.17) is 0 Å². The highest BCUT2D eigenvalue weighted by molar-refractivity contribution is 6.08. The number of carbonyl (C=O) groups excluding carboxylic acids is 4. The van der Waals surface area contributed by atoms with Crippen LogP contribution < -0.4 is 15.5 Å². The Morgan fingerprint density at radius 2 is 1.81 bits per heavy atom. The number of carbonyl (C=O) groups is 4. The van der Waals surface area contributed by atoms with Gasteiger partial charge in [-0.3, -0.25) is 24.2 Å². The van der Waals surface area contributed by atoms with Crippen LogP contribution in [0.3, 0.4) is 0 Å². The van der Waals surface area contributed by atoms with Gasteiger partial charge in [0.1, 0.15) is 0 Å². The van der Waals surface area contributed by atoms with Crippen molar-refractivity contribution < 1.29 is 28.0 Å². The second-order valence-electron chi connectivity index (χ2n) is 9.25. The molecule has 0 atom stereocenters. The molecule has 1 aromatic heterocycles. The van der Waals surface area contributed by atoms with E-state index in [1.807, 2.05) is 0 Å². The number of halogens is 2. The second kappa shape index (κ2) is 11.2. The molecular formula is C25H30F2N6O4. The average molecular weight is 517 g/mol. The lowest BCUT2D eigenvalue weighted by Gasteiger charge is -2.27. The van der Waals surface area contributed by atoms with Crippen LogP contribution in [0.5, 0.6) is 0 Å². The van der Waals surface area contributed by atoms with Gasteiger partial charge >= 0.3 is 0 Å². The fraction of sp³-hybridized carbons (Fsp3) is 0.480. The zero-order valence-corrected chi connectivity index (χ0v) is 20.6. The number of aromatic nitrogens is 1. The van der Waals surface area contributed by atoms with E-state index >= 15 is 0 Å². The highest BCUT2D eigenvalue weighted by atomic mass is 19.3. The summed E-state index contributed by atoms with van der Waals surface area (Å²) in [7, 11) is 1.60. The van der Waals surface area contributed by atoms with Gasteiger partial charge in [0.2, 0.25) is 17.7 Å². The van der Waals surface area contributed by atoms with Crippen LogP contribution in [0.25, 0.3) is 10.9 Å². The van der Waals surface area contributed by atoms with Crippen molar-refractivity contribution in [2.45, 2.75) is 25.2 Å². The Bertz CT molecular complexity index is 1200. The van der Waals surface area contributed by atoms with Gasteiger partial charge in [-0.25, -0.2) is 8.78 Å². The Morgan fingerprint density at radius 1 is 1.05 bits per heavy atom. The summed E-state index contributed by atoms with van der Waals surface area (Å²) < 4.78 is 26.8. The standard InChI is InChI=1S/C25H30F2N6O4/c1-31(21(34)4-5-22(35)32-12-9-28-10-13-32)17-2-3-20-19(14-17)18(6-8-29-20)24(37)30-15-23(36)33-11-7-25(26,27)16-33/h2-3,6,8,14,28H,4-5,7,9-13,15-16H2,1H3,(H,30,37). The molecule has 2 fully saturated rings. The minimum Gasteiger partial charge on any atom is -0.343 e. The quantitative estimate of drug-likeness (QED) is 0.568. The molecule has 3 heterocycles. The third-order valence-corrected chi connectivity index (χ3v) is 6.68. The third kappa shape index (κ3) is 6.37. The van der Waals surface area contributed by atoms with Gasteiger partial charge in [-0.2, -0.15) is 0 Å². The van der Waals surface area contributed by atoms with Crippen molar-refractivity contribution >= 4 is 40.2 Å². The number of amides is 4. The molecule has 0 bridgehead atoms. The van der Waals surface area contributed by atoms with E-state index in [2.05, 4.69) is 15.6 Å². The van der Waals surface area contributed by atoms with Gasteiger partial charge in [0.15, 0.2) is 0 Å². The van der Waals surface area contributed by atoms with E-state index in [0.717, 1.165) is 18.0 Å². The van der Waals surface area contributed by atoms with E-state index in [-0.39, 0.29) is 43.2 Å². The van der Waals surface area contributed by atoms with Crippen LogP contribution in [0.2, 0.25) is 0 Å². The molecule has 2 N–H and O–H groups in total. The first-order valence-corrected chi connectivity index (χ1v) is 12.2. The number of hydrogen-bond acceptors (Lipinski definition) is 6. The molecule has 0 unspecified atom stereocenters. The van der Waals surface area contributed by atoms with Gasteiger partial charge in [-0.15, -0.1) is 0 Å². The highest BCUT2D eigenvalue weighted by Gasteiger charge is 2.40. The first kappa shape index (κ1) is 26.4. The summed E-state index contributed by atoms with van der Waals surface area (Å²) in [6.07, 6.45) is 1.23. The summed E-state index contributed by atoms with van der Waals surface area (Å²) in [6, 6.07) is 6.51. The van der Waals surface area contributed by atoms with Gasteiger partial charge < -0.3 is 25.3 Å². The number of pyridine rings is 1. The van der Waals surface area contributed by atoms with E-state index in [0.29, 0.717) is 29.7 Å². The van der Waals surface area contributed by atoms with Crippen LogP contribution in [-0.2, 0) is 14.4 Å². The van der Waals surface area contributed by atoms with Crippen LogP contribution in [0.1, 0.15) is 29.6 Å². The minimum atomic E-state index is -2.90. The Balaban J connectivity index is 1.40. The molecule has 10 nitrogen and oxygen atoms in total. The number of anilines is 1. The van der Waals surface area contributed by atoms with Crippen molar-refractivity contribution in [3.63, 3.8) is 0 Å². The maximum absolute atomic E-state index is 13.4. The number of piperazine rings is 1. The van der Waals surface area contributed by atoms with E-state index < -0.39 is 30.8 Å². The van der Waals surface area contributed by atoms with Crippen molar-refractivity contribution in [2.24, 2.45) is 0 Å². The van der Waals surface area contributed by atoms with Crippen molar-refractivity contribution in [2.75, 3.05) is 57.8 Å². The summed E-state index contributed by atoms with van der Waals surface area (Å²) in [5, 5.41) is 6.15. The molecule has 4 amide bonds. The molecule has 2 saturated heterocycles. The Hall–Kier alpha value is -3.67. The molecule has 0 radical (unpaired) electrons. The van der Waals surface area contributed by atoms with Crippen molar-refractivity contribution in [3.05, 3.63) is 36.0 Å². The minimum absolute atomic E-state index is 0.0509. The summed E-state index contributed by atoms with van der Waals surface area (Å²) in [5.41, 5.74) is 1.27. The molecule has 2 aliphatic rings. The van der Waals surface area contributed by atoms with Crippen LogP contribution in [0, 0.1) is 0 Å². The molecule has 12 heteroatoms. The number of likely N-dealkylation sites (tertiary alicyclic amines) is 1. The lowest BCUT2D eigenvalue weighted by Crippen LogP contribution is -2.46. The lowest BCUT2D eigenvalue weighted by molar-refractivity contribution is -0.133. The van der Waals surface area contributed by atoms with Gasteiger partial charge in [-0.05, 0) is 24.3 Å². The third-order valence-electron chi connectivity index (χ3n) is 6.68. The van der Waals surface area contributed by atoms with E-state index in [1.54, 1.807) is 30.1 Å². The fourth-order valence-electron chi connectivity index (χ4n) is 4.45. The van der Waals surface area contributed by atoms with Gasteiger partial charge in [0.05, 0.1) is 24.2 Å². The fourth-order valence-corrected chi connectivity index (χ4v) is 4.45. The molecule has 0 spiro atoms. The van der Waals surface area contributed by atoms with E-state index in [9.17, 15) is 28.0 Å². The van der Waals surface area contributed by atoms with Gasteiger partial charge in [-0.1, -0.05) is 0 Å². The SMILES string of the molecule is CN(C(=O)CCC(=O)N1CCNCC1)c1ccc2nccc(C(=O)NCC(=O)N3CCC(F)(F)C3)c2c1. The van der Waals surface area contributed by atoms with Crippen molar-refractivity contribution in [1.82, 2.24) is 25.4 Å². The number of nitrogens with zero attached hydrogens (tertiary/aromatic N) is 4. The van der Waals surface area contributed by atoms with Crippen LogP contribution in [0.4, 0.5) is 14.5 Å². The largest absolute Gasteiger partial charge is 0.343 e. The van der Waals surface area contributed by atoms with E-state index in [1.165, 1.54) is 17.2 Å². The number of nitrogens with one attached hydrogen (secondary N) is 2. The molecule has 0 aliphatic carbocycles. The zero-order valence-electron chi connectivity index (χ0n) is 20.6. The predicted octanol–water partition coefficient (Wildman–Crippen LogP) is 1.01. The molecule has 2 aromatic rings. The topological polar surface area (TPSA) is 115 Å². The van der Waals surface area contributed by atoms with Crippen LogP contribution >= 0.6 is 0 Å². The highest BCUT2D eigenvalue weighted by Crippen LogP contribution is 2.27. The first-order valence-electron chi connectivity index (χ1n) is 12.2. The van der Waals surface area contributed by atoms with Crippen LogP contribution in [0.15, 0.2) is 30.5 Å². The average Bonchev–Trinajstić information content (AvgIpc) is 3.28. The number of hydrogen-bond donors (Lipinski definition) is 2. The number of alkyl halides is 2. The number of rotatable bonds is 7. The summed E-state index contributed by atoms with van der Waals surface area (Å²) in [6.45, 7) is 1.63. The maximum Gasteiger partial charge on any atom is 0.267 e. The molecule has 4 rings (SSSR count). The lowest BCUT2D eigenvalue weighted by atomic mass is 10.1. The van der Waals surface area contributed by atoms with Gasteiger partial charge in [0, 0.05) is 76.3 Å². The van der Waals surface area contributed by atoms with Crippen molar-refractivity contribution in [3.8, 4) is 0 Å². The summed E-state index contributed by atoms with van der Waals surface area (Å²) >= 11 is 0. The van der Waals surface area contributed by atoms with Crippen LogP contribution in [-0.4, -0.2) is 97.2 Å². The first-order chi connectivity index (χ1) is 17.6.